The van der Waals surface area contributed by atoms with Crippen LogP contribution in [0.15, 0.2) is 54.6 Å². The fourth-order valence-corrected chi connectivity index (χ4v) is 3.08. The lowest BCUT2D eigenvalue weighted by molar-refractivity contribution is 0.127. The van der Waals surface area contributed by atoms with E-state index in [1.807, 2.05) is 0 Å². The van der Waals surface area contributed by atoms with Gasteiger partial charge in [0, 0.05) is 26.2 Å². The number of hydrogen-bond donors (Lipinski definition) is 0. The lowest BCUT2D eigenvalue weighted by Crippen LogP contribution is -2.46. The summed E-state index contributed by atoms with van der Waals surface area (Å²) in [5, 5.41) is 0. The van der Waals surface area contributed by atoms with Crippen LogP contribution in [0.4, 0.5) is 0 Å². The lowest BCUT2D eigenvalue weighted by atomic mass is 9.95. The molecule has 0 radical (unpaired) electrons. The Hall–Kier alpha value is -1.64. The Morgan fingerprint density at radius 2 is 1.33 bits per heavy atom. The van der Waals surface area contributed by atoms with Crippen LogP contribution in [0.5, 0.6) is 0 Å². The number of likely N-dealkylation sites (N-methyl/N-ethyl adjacent to an activating group) is 1. The molecule has 1 unspecified atom stereocenters. The third kappa shape index (κ3) is 3.34. The first kappa shape index (κ1) is 14.3. The van der Waals surface area contributed by atoms with Gasteiger partial charge in [-0.3, -0.25) is 4.90 Å². The molecule has 110 valence electrons. The van der Waals surface area contributed by atoms with E-state index < -0.39 is 0 Å². The third-order valence-corrected chi connectivity index (χ3v) is 4.41. The zero-order valence-electron chi connectivity index (χ0n) is 13.0. The molecule has 21 heavy (non-hydrogen) atoms. The molecule has 2 heteroatoms. The maximum atomic E-state index is 2.61. The number of nitrogens with zero attached hydrogens (tertiary/aromatic N) is 2. The van der Waals surface area contributed by atoms with E-state index >= 15 is 0 Å². The highest BCUT2D eigenvalue weighted by atomic mass is 15.3. The molecular formula is C19H24N2. The second-order valence-corrected chi connectivity index (χ2v) is 6.06. The summed E-state index contributed by atoms with van der Waals surface area (Å²) in [4.78, 5) is 5.02. The number of piperazine rings is 1. The van der Waals surface area contributed by atoms with E-state index in [4.69, 9.17) is 0 Å². The van der Waals surface area contributed by atoms with Gasteiger partial charge in [-0.1, -0.05) is 60.2 Å². The van der Waals surface area contributed by atoms with Gasteiger partial charge in [-0.2, -0.15) is 0 Å². The number of benzene rings is 2. The standard InChI is InChI=1S/C19H24N2/c1-16-8-10-18(11-9-16)19(17-6-4-3-5-7-17)21-14-12-20(2)13-15-21/h3-11,19H,12-15H2,1-2H3. The van der Waals surface area contributed by atoms with Crippen molar-refractivity contribution in [3.63, 3.8) is 0 Å². The van der Waals surface area contributed by atoms with Crippen LogP contribution >= 0.6 is 0 Å². The summed E-state index contributed by atoms with van der Waals surface area (Å²) < 4.78 is 0. The lowest BCUT2D eigenvalue weighted by Gasteiger charge is -2.38. The molecule has 1 atom stereocenters. The minimum absolute atomic E-state index is 0.375. The molecule has 0 saturated carbocycles. The predicted octanol–water partition coefficient (Wildman–Crippen LogP) is 3.33. The summed E-state index contributed by atoms with van der Waals surface area (Å²) in [6, 6.07) is 20.3. The Labute approximate surface area is 128 Å². The van der Waals surface area contributed by atoms with Crippen molar-refractivity contribution >= 4 is 0 Å². The Morgan fingerprint density at radius 1 is 0.762 bits per heavy atom. The second-order valence-electron chi connectivity index (χ2n) is 6.06. The minimum atomic E-state index is 0.375. The highest BCUT2D eigenvalue weighted by Gasteiger charge is 2.25. The molecule has 2 aromatic carbocycles. The van der Waals surface area contributed by atoms with Crippen LogP contribution in [0.2, 0.25) is 0 Å². The highest BCUT2D eigenvalue weighted by Crippen LogP contribution is 2.29. The third-order valence-electron chi connectivity index (χ3n) is 4.41. The van der Waals surface area contributed by atoms with Gasteiger partial charge in [0.2, 0.25) is 0 Å². The van der Waals surface area contributed by atoms with Crippen molar-refractivity contribution in [2.24, 2.45) is 0 Å². The van der Waals surface area contributed by atoms with Crippen molar-refractivity contribution < 1.29 is 0 Å². The molecule has 1 aliphatic heterocycles. The molecule has 0 bridgehead atoms. The van der Waals surface area contributed by atoms with Gasteiger partial charge in [0.1, 0.15) is 0 Å². The van der Waals surface area contributed by atoms with E-state index in [2.05, 4.69) is 78.4 Å². The van der Waals surface area contributed by atoms with E-state index in [1.165, 1.54) is 16.7 Å². The first-order valence-electron chi connectivity index (χ1n) is 7.78. The first-order valence-corrected chi connectivity index (χ1v) is 7.78. The maximum absolute atomic E-state index is 2.61. The van der Waals surface area contributed by atoms with Gasteiger partial charge in [0.25, 0.3) is 0 Å². The number of aryl methyl sites for hydroxylation is 1. The van der Waals surface area contributed by atoms with E-state index in [9.17, 15) is 0 Å². The molecule has 0 N–H and O–H groups in total. The van der Waals surface area contributed by atoms with Crippen LogP contribution in [0.25, 0.3) is 0 Å². The molecule has 1 aliphatic rings. The van der Waals surface area contributed by atoms with Crippen molar-refractivity contribution in [1.82, 2.24) is 9.80 Å². The Bertz CT molecular complexity index is 554. The van der Waals surface area contributed by atoms with Crippen LogP contribution in [0.1, 0.15) is 22.7 Å². The van der Waals surface area contributed by atoms with Crippen molar-refractivity contribution in [1.29, 1.82) is 0 Å². The van der Waals surface area contributed by atoms with Gasteiger partial charge in [-0.05, 0) is 25.1 Å². The molecular weight excluding hydrogens is 256 g/mol. The first-order chi connectivity index (χ1) is 10.2. The van der Waals surface area contributed by atoms with Crippen molar-refractivity contribution in [3.05, 3.63) is 71.3 Å². The zero-order valence-corrected chi connectivity index (χ0v) is 13.0. The monoisotopic (exact) mass is 280 g/mol. The van der Waals surface area contributed by atoms with Crippen molar-refractivity contribution in [2.45, 2.75) is 13.0 Å². The van der Waals surface area contributed by atoms with Crippen molar-refractivity contribution in [2.75, 3.05) is 33.2 Å². The molecule has 0 spiro atoms. The SMILES string of the molecule is Cc1ccc(C(c2ccccc2)N2CCN(C)CC2)cc1. The molecule has 0 aromatic heterocycles. The van der Waals surface area contributed by atoms with E-state index in [-0.39, 0.29) is 0 Å². The minimum Gasteiger partial charge on any atom is -0.304 e. The van der Waals surface area contributed by atoms with Crippen LogP contribution in [-0.4, -0.2) is 43.0 Å². The van der Waals surface area contributed by atoms with Gasteiger partial charge in [-0.25, -0.2) is 0 Å². The number of rotatable bonds is 3. The van der Waals surface area contributed by atoms with Gasteiger partial charge in [0.15, 0.2) is 0 Å². The van der Waals surface area contributed by atoms with Gasteiger partial charge in [-0.15, -0.1) is 0 Å². The molecule has 3 rings (SSSR count). The summed E-state index contributed by atoms with van der Waals surface area (Å²) in [5.74, 6) is 0. The second kappa shape index (κ2) is 6.42. The topological polar surface area (TPSA) is 6.48 Å². The zero-order chi connectivity index (χ0) is 14.7. The summed E-state index contributed by atoms with van der Waals surface area (Å²) >= 11 is 0. The van der Waals surface area contributed by atoms with E-state index in [1.54, 1.807) is 0 Å². The smallest absolute Gasteiger partial charge is 0.0602 e. The number of hydrogen-bond acceptors (Lipinski definition) is 2. The van der Waals surface area contributed by atoms with Gasteiger partial charge < -0.3 is 4.90 Å². The largest absolute Gasteiger partial charge is 0.304 e. The fraction of sp³-hybridized carbons (Fsp3) is 0.368. The summed E-state index contributed by atoms with van der Waals surface area (Å²) in [6.07, 6.45) is 0. The average molecular weight is 280 g/mol. The maximum Gasteiger partial charge on any atom is 0.0602 e. The van der Waals surface area contributed by atoms with E-state index in [0.717, 1.165) is 26.2 Å². The van der Waals surface area contributed by atoms with Gasteiger partial charge >= 0.3 is 0 Å². The molecule has 2 aromatic rings. The van der Waals surface area contributed by atoms with E-state index in [0.29, 0.717) is 6.04 Å². The molecule has 2 nitrogen and oxygen atoms in total. The van der Waals surface area contributed by atoms with Gasteiger partial charge in [0.05, 0.1) is 6.04 Å². The normalized spacial score (nSPS) is 18.6. The fourth-order valence-electron chi connectivity index (χ4n) is 3.08. The van der Waals surface area contributed by atoms with Crippen LogP contribution in [-0.2, 0) is 0 Å². The summed E-state index contributed by atoms with van der Waals surface area (Å²) in [7, 11) is 2.21. The Morgan fingerprint density at radius 3 is 1.95 bits per heavy atom. The van der Waals surface area contributed by atoms with Crippen LogP contribution in [0.3, 0.4) is 0 Å². The Kier molecular flexibility index (Phi) is 4.37. The van der Waals surface area contributed by atoms with Crippen molar-refractivity contribution in [3.8, 4) is 0 Å². The molecule has 1 saturated heterocycles. The average Bonchev–Trinajstić information content (AvgIpc) is 2.52. The molecule has 0 amide bonds. The quantitative estimate of drug-likeness (QED) is 0.851. The summed E-state index contributed by atoms with van der Waals surface area (Å²) in [6.45, 7) is 6.70. The molecule has 0 aliphatic carbocycles. The molecule has 1 heterocycles. The summed E-state index contributed by atoms with van der Waals surface area (Å²) in [5.41, 5.74) is 4.12. The van der Waals surface area contributed by atoms with Crippen LogP contribution < -0.4 is 0 Å². The highest BCUT2D eigenvalue weighted by molar-refractivity contribution is 5.33. The Balaban J connectivity index is 1.93. The molecule has 1 fully saturated rings. The van der Waals surface area contributed by atoms with Crippen LogP contribution in [0, 0.1) is 6.92 Å². The predicted molar refractivity (Wildman–Crippen MR) is 88.5 cm³/mol.